The lowest BCUT2D eigenvalue weighted by Crippen LogP contribution is -2.50. The van der Waals surface area contributed by atoms with Crippen molar-refractivity contribution < 1.29 is 9.59 Å². The molecule has 0 unspecified atom stereocenters. The summed E-state index contributed by atoms with van der Waals surface area (Å²) >= 11 is 0. The highest BCUT2D eigenvalue weighted by Gasteiger charge is 2.23. The molecular weight excluding hydrogens is 535 g/mol. The van der Waals surface area contributed by atoms with E-state index in [1.807, 2.05) is 23.8 Å². The molecule has 0 bridgehead atoms. The highest BCUT2D eigenvalue weighted by molar-refractivity contribution is 14.0. The Labute approximate surface area is 215 Å². The molecule has 33 heavy (non-hydrogen) atoms. The smallest absolute Gasteiger partial charge is 0.222 e. The Kier molecular flexibility index (Phi) is 14.0. The van der Waals surface area contributed by atoms with Gasteiger partial charge in [0.25, 0.3) is 0 Å². The van der Waals surface area contributed by atoms with Crippen LogP contribution in [0.1, 0.15) is 58.7 Å². The van der Waals surface area contributed by atoms with Crippen LogP contribution in [0.4, 0.5) is 0 Å². The molecule has 2 heterocycles. The molecule has 0 aliphatic carbocycles. The van der Waals surface area contributed by atoms with E-state index in [1.165, 1.54) is 6.33 Å². The fourth-order valence-electron chi connectivity index (χ4n) is 3.58. The summed E-state index contributed by atoms with van der Waals surface area (Å²) in [6, 6.07) is 0. The van der Waals surface area contributed by atoms with Crippen LogP contribution >= 0.6 is 24.0 Å². The number of aryl methyl sites for hydroxylation is 1. The zero-order valence-electron chi connectivity index (χ0n) is 20.5. The number of carbonyl (C=O) groups is 2. The molecule has 0 saturated carbocycles. The molecule has 10 nitrogen and oxygen atoms in total. The number of rotatable bonds is 11. The van der Waals surface area contributed by atoms with Crippen LogP contribution in [0.2, 0.25) is 0 Å². The Morgan fingerprint density at radius 3 is 2.30 bits per heavy atom. The van der Waals surface area contributed by atoms with Gasteiger partial charge in [-0.1, -0.05) is 20.3 Å². The number of halogens is 1. The number of piperazine rings is 1. The summed E-state index contributed by atoms with van der Waals surface area (Å²) in [4.78, 5) is 37.1. The molecule has 0 spiro atoms. The van der Waals surface area contributed by atoms with Crippen molar-refractivity contribution in [2.24, 2.45) is 18.0 Å². The predicted octanol–water partition coefficient (Wildman–Crippen LogP) is 1.77. The molecule has 11 heteroatoms. The van der Waals surface area contributed by atoms with Gasteiger partial charge in [-0.2, -0.15) is 5.10 Å². The maximum absolute atomic E-state index is 12.5. The Morgan fingerprint density at radius 2 is 1.73 bits per heavy atom. The Hall–Kier alpha value is -1.92. The SMILES string of the molecule is CCNC(=NCc1ncnn1C)NCCCCCC(=O)N1CCN(C(=O)CC(C)C)CC1.I. The lowest BCUT2D eigenvalue weighted by atomic mass is 10.1. The summed E-state index contributed by atoms with van der Waals surface area (Å²) in [6.07, 6.45) is 5.51. The molecule has 1 aliphatic rings. The van der Waals surface area contributed by atoms with Crippen LogP contribution in [0.15, 0.2) is 11.3 Å². The van der Waals surface area contributed by atoms with E-state index in [9.17, 15) is 9.59 Å². The van der Waals surface area contributed by atoms with Gasteiger partial charge in [-0.05, 0) is 25.7 Å². The molecule has 188 valence electrons. The van der Waals surface area contributed by atoms with E-state index in [0.717, 1.165) is 44.1 Å². The van der Waals surface area contributed by atoms with Crippen molar-refractivity contribution >= 4 is 41.8 Å². The van der Waals surface area contributed by atoms with E-state index in [4.69, 9.17) is 0 Å². The summed E-state index contributed by atoms with van der Waals surface area (Å²) < 4.78 is 1.72. The normalized spacial score (nSPS) is 14.3. The molecule has 1 aromatic heterocycles. The largest absolute Gasteiger partial charge is 0.357 e. The minimum atomic E-state index is 0. The summed E-state index contributed by atoms with van der Waals surface area (Å²) in [5, 5.41) is 10.6. The van der Waals surface area contributed by atoms with Crippen LogP contribution in [-0.2, 0) is 23.2 Å². The molecule has 1 saturated heterocycles. The van der Waals surface area contributed by atoms with Gasteiger partial charge in [0.2, 0.25) is 11.8 Å². The van der Waals surface area contributed by atoms with Crippen LogP contribution in [-0.4, -0.2) is 81.6 Å². The number of guanidine groups is 1. The zero-order valence-corrected chi connectivity index (χ0v) is 22.9. The Morgan fingerprint density at radius 1 is 1.06 bits per heavy atom. The van der Waals surface area contributed by atoms with E-state index in [2.05, 4.69) is 39.6 Å². The van der Waals surface area contributed by atoms with E-state index in [0.29, 0.717) is 51.5 Å². The van der Waals surface area contributed by atoms with Crippen molar-refractivity contribution in [2.45, 2.75) is 59.4 Å². The number of amides is 2. The molecule has 0 aromatic carbocycles. The molecule has 1 aliphatic heterocycles. The first-order chi connectivity index (χ1) is 15.4. The third-order valence-corrected chi connectivity index (χ3v) is 5.46. The van der Waals surface area contributed by atoms with Crippen LogP contribution in [0, 0.1) is 5.92 Å². The van der Waals surface area contributed by atoms with E-state index >= 15 is 0 Å². The number of nitrogens with zero attached hydrogens (tertiary/aromatic N) is 6. The Bertz CT molecular complexity index is 745. The van der Waals surface area contributed by atoms with Gasteiger partial charge in [-0.15, -0.1) is 24.0 Å². The Balaban J connectivity index is 0.00000544. The second-order valence-corrected chi connectivity index (χ2v) is 8.59. The molecular formula is C22H41IN8O2. The van der Waals surface area contributed by atoms with Crippen LogP contribution < -0.4 is 10.6 Å². The van der Waals surface area contributed by atoms with Crippen LogP contribution in [0.5, 0.6) is 0 Å². The van der Waals surface area contributed by atoms with Gasteiger partial charge in [0.1, 0.15) is 18.7 Å². The predicted molar refractivity (Wildman–Crippen MR) is 140 cm³/mol. The number of nitrogens with one attached hydrogen (secondary N) is 2. The highest BCUT2D eigenvalue weighted by atomic mass is 127. The van der Waals surface area contributed by atoms with Gasteiger partial charge in [-0.25, -0.2) is 9.98 Å². The standard InChI is InChI=1S/C22H40N8O2.HI/c1-5-23-22(25-16-19-26-17-27-28(19)4)24-10-8-6-7-9-20(31)29-11-13-30(14-12-29)21(32)15-18(2)3;/h17-18H,5-16H2,1-4H3,(H2,23,24,25);1H. The number of aliphatic imine (C=N–C) groups is 1. The average Bonchev–Trinajstić information content (AvgIpc) is 3.18. The topological polar surface area (TPSA) is 108 Å². The molecule has 2 amide bonds. The zero-order chi connectivity index (χ0) is 23.3. The second-order valence-electron chi connectivity index (χ2n) is 8.59. The first-order valence-electron chi connectivity index (χ1n) is 11.8. The van der Waals surface area contributed by atoms with Gasteiger partial charge in [0.15, 0.2) is 5.96 Å². The molecule has 2 rings (SSSR count). The summed E-state index contributed by atoms with van der Waals surface area (Å²) in [5.74, 6) is 2.35. The second kappa shape index (κ2) is 15.8. The number of hydrogen-bond acceptors (Lipinski definition) is 5. The first kappa shape index (κ1) is 29.1. The lowest BCUT2D eigenvalue weighted by molar-refractivity contribution is -0.140. The summed E-state index contributed by atoms with van der Waals surface area (Å²) in [6.45, 7) is 10.8. The van der Waals surface area contributed by atoms with Crippen molar-refractivity contribution in [2.75, 3.05) is 39.3 Å². The third kappa shape index (κ3) is 10.7. The van der Waals surface area contributed by atoms with Gasteiger partial charge >= 0.3 is 0 Å². The molecule has 1 aromatic rings. The van der Waals surface area contributed by atoms with Crippen molar-refractivity contribution in [1.82, 2.24) is 35.2 Å². The third-order valence-electron chi connectivity index (χ3n) is 5.46. The molecule has 2 N–H and O–H groups in total. The number of carbonyl (C=O) groups excluding carboxylic acids is 2. The minimum absolute atomic E-state index is 0. The fourth-order valence-corrected chi connectivity index (χ4v) is 3.58. The van der Waals surface area contributed by atoms with Gasteiger partial charge in [0, 0.05) is 59.2 Å². The van der Waals surface area contributed by atoms with Gasteiger partial charge in [0.05, 0.1) is 0 Å². The van der Waals surface area contributed by atoms with Crippen molar-refractivity contribution in [3.63, 3.8) is 0 Å². The maximum atomic E-state index is 12.5. The quantitative estimate of drug-likeness (QED) is 0.180. The molecule has 0 radical (unpaired) electrons. The number of hydrogen-bond donors (Lipinski definition) is 2. The average molecular weight is 577 g/mol. The van der Waals surface area contributed by atoms with Gasteiger partial charge < -0.3 is 20.4 Å². The minimum Gasteiger partial charge on any atom is -0.357 e. The van der Waals surface area contributed by atoms with E-state index in [1.54, 1.807) is 4.68 Å². The number of unbranched alkanes of at least 4 members (excludes halogenated alkanes) is 2. The fraction of sp³-hybridized carbons (Fsp3) is 0.773. The maximum Gasteiger partial charge on any atom is 0.222 e. The highest BCUT2D eigenvalue weighted by Crippen LogP contribution is 2.10. The van der Waals surface area contributed by atoms with Gasteiger partial charge in [-0.3, -0.25) is 14.3 Å². The molecule has 1 fully saturated rings. The monoisotopic (exact) mass is 576 g/mol. The van der Waals surface area contributed by atoms with Crippen LogP contribution in [0.25, 0.3) is 0 Å². The van der Waals surface area contributed by atoms with Crippen molar-refractivity contribution in [3.8, 4) is 0 Å². The van der Waals surface area contributed by atoms with Crippen LogP contribution in [0.3, 0.4) is 0 Å². The lowest BCUT2D eigenvalue weighted by Gasteiger charge is -2.35. The number of aromatic nitrogens is 3. The summed E-state index contributed by atoms with van der Waals surface area (Å²) in [5.41, 5.74) is 0. The molecule has 0 atom stereocenters. The summed E-state index contributed by atoms with van der Waals surface area (Å²) in [7, 11) is 1.85. The van der Waals surface area contributed by atoms with Crippen molar-refractivity contribution in [3.05, 3.63) is 12.2 Å². The van der Waals surface area contributed by atoms with E-state index < -0.39 is 0 Å². The van der Waals surface area contributed by atoms with E-state index in [-0.39, 0.29) is 35.8 Å². The van der Waals surface area contributed by atoms with Crippen molar-refractivity contribution in [1.29, 1.82) is 0 Å². The first-order valence-corrected chi connectivity index (χ1v) is 11.8.